The fourth-order valence-corrected chi connectivity index (χ4v) is 1.46. The molecule has 0 unspecified atom stereocenters. The molecule has 0 aliphatic carbocycles. The van der Waals surface area contributed by atoms with Crippen molar-refractivity contribution in [3.05, 3.63) is 47.9 Å². The molecule has 0 atom stereocenters. The van der Waals surface area contributed by atoms with Crippen LogP contribution in [0, 0.1) is 5.82 Å². The molecule has 18 heavy (non-hydrogen) atoms. The summed E-state index contributed by atoms with van der Waals surface area (Å²) in [4.78, 5) is 14.8. The smallest absolute Gasteiger partial charge is 0.337 e. The van der Waals surface area contributed by atoms with Crippen LogP contribution in [0.3, 0.4) is 0 Å². The first-order valence-electron chi connectivity index (χ1n) is 5.08. The van der Waals surface area contributed by atoms with Crippen molar-refractivity contribution in [2.24, 2.45) is 0 Å². The highest BCUT2D eigenvalue weighted by Gasteiger charge is 2.12. The summed E-state index contributed by atoms with van der Waals surface area (Å²) in [6, 6.07) is 7.01. The van der Waals surface area contributed by atoms with E-state index in [1.54, 1.807) is 6.07 Å². The predicted octanol–water partition coefficient (Wildman–Crippen LogP) is 2.24. The number of nitrogens with two attached hydrogens (primary N) is 1. The van der Waals surface area contributed by atoms with E-state index in [1.807, 2.05) is 0 Å². The van der Waals surface area contributed by atoms with Crippen molar-refractivity contribution in [1.29, 1.82) is 0 Å². The first kappa shape index (κ1) is 11.8. The molecule has 0 fully saturated rings. The summed E-state index contributed by atoms with van der Waals surface area (Å²) >= 11 is 0. The average Bonchev–Trinajstić information content (AvgIpc) is 2.31. The van der Waals surface area contributed by atoms with Gasteiger partial charge in [-0.25, -0.2) is 14.2 Å². The Morgan fingerprint density at radius 3 is 2.83 bits per heavy atom. The number of rotatable bonds is 3. The van der Waals surface area contributed by atoms with Crippen molar-refractivity contribution in [2.75, 3.05) is 11.1 Å². The first-order valence-corrected chi connectivity index (χ1v) is 5.08. The molecule has 5 nitrogen and oxygen atoms in total. The molecule has 2 rings (SSSR count). The summed E-state index contributed by atoms with van der Waals surface area (Å²) in [7, 11) is 0. The van der Waals surface area contributed by atoms with Gasteiger partial charge in [0.2, 0.25) is 0 Å². The molecule has 0 saturated carbocycles. The van der Waals surface area contributed by atoms with Gasteiger partial charge in [-0.2, -0.15) is 0 Å². The number of nitrogens with zero attached hydrogens (tertiary/aromatic N) is 1. The molecule has 0 aliphatic heterocycles. The number of anilines is 3. The zero-order chi connectivity index (χ0) is 13.1. The van der Waals surface area contributed by atoms with Crippen molar-refractivity contribution >= 4 is 23.2 Å². The third-order valence-corrected chi connectivity index (χ3v) is 2.31. The number of carbonyl (C=O) groups is 1. The van der Waals surface area contributed by atoms with Crippen LogP contribution in [0.5, 0.6) is 0 Å². The maximum absolute atomic E-state index is 13.0. The van der Waals surface area contributed by atoms with Gasteiger partial charge in [-0.1, -0.05) is 6.07 Å². The largest absolute Gasteiger partial charge is 0.478 e. The monoisotopic (exact) mass is 247 g/mol. The summed E-state index contributed by atoms with van der Waals surface area (Å²) in [5.41, 5.74) is 6.07. The molecule has 0 radical (unpaired) electrons. The number of aromatic carboxylic acids is 1. The van der Waals surface area contributed by atoms with E-state index in [2.05, 4.69) is 10.3 Å². The Morgan fingerprint density at radius 1 is 1.39 bits per heavy atom. The third kappa shape index (κ3) is 2.37. The van der Waals surface area contributed by atoms with Crippen LogP contribution < -0.4 is 11.1 Å². The Hall–Kier alpha value is -2.63. The van der Waals surface area contributed by atoms with E-state index in [4.69, 9.17) is 10.8 Å². The number of aromatic nitrogens is 1. The maximum Gasteiger partial charge on any atom is 0.337 e. The fraction of sp³-hybridized carbons (Fsp3) is 0. The van der Waals surface area contributed by atoms with Gasteiger partial charge in [0, 0.05) is 11.9 Å². The number of hydrogen-bond acceptors (Lipinski definition) is 4. The van der Waals surface area contributed by atoms with Gasteiger partial charge in [0.1, 0.15) is 5.82 Å². The van der Waals surface area contributed by atoms with Crippen LogP contribution in [0.15, 0.2) is 36.5 Å². The highest BCUT2D eigenvalue weighted by atomic mass is 19.1. The lowest BCUT2D eigenvalue weighted by Crippen LogP contribution is -2.07. The summed E-state index contributed by atoms with van der Waals surface area (Å²) in [6.45, 7) is 0. The maximum atomic E-state index is 13.0. The van der Waals surface area contributed by atoms with Gasteiger partial charge in [0.15, 0.2) is 5.82 Å². The zero-order valence-corrected chi connectivity index (χ0v) is 9.22. The highest BCUT2D eigenvalue weighted by molar-refractivity contribution is 5.96. The van der Waals surface area contributed by atoms with Gasteiger partial charge in [-0.15, -0.1) is 0 Å². The van der Waals surface area contributed by atoms with Crippen molar-refractivity contribution in [1.82, 2.24) is 4.98 Å². The van der Waals surface area contributed by atoms with E-state index in [1.165, 1.54) is 30.5 Å². The van der Waals surface area contributed by atoms with Gasteiger partial charge in [-0.05, 0) is 24.3 Å². The molecule has 1 aromatic carbocycles. The molecule has 0 amide bonds. The Balaban J connectivity index is 2.35. The molecule has 1 aromatic heterocycles. The van der Waals surface area contributed by atoms with Gasteiger partial charge < -0.3 is 16.2 Å². The van der Waals surface area contributed by atoms with Crippen LogP contribution in [0.4, 0.5) is 21.6 Å². The minimum absolute atomic E-state index is 0.00858. The molecule has 6 heteroatoms. The summed E-state index contributed by atoms with van der Waals surface area (Å²) in [5, 5.41) is 11.7. The second-order valence-electron chi connectivity index (χ2n) is 3.56. The number of nitrogen functional groups attached to an aromatic ring is 1. The van der Waals surface area contributed by atoms with E-state index < -0.39 is 11.8 Å². The van der Waals surface area contributed by atoms with Crippen LogP contribution in [-0.2, 0) is 0 Å². The quantitative estimate of drug-likeness (QED) is 0.774. The Morgan fingerprint density at radius 2 is 2.17 bits per heavy atom. The molecule has 0 spiro atoms. The molecule has 0 bridgehead atoms. The van der Waals surface area contributed by atoms with E-state index in [-0.39, 0.29) is 17.1 Å². The lowest BCUT2D eigenvalue weighted by atomic mass is 10.2. The molecular formula is C12H10FN3O2. The molecule has 0 aliphatic rings. The zero-order valence-electron chi connectivity index (χ0n) is 9.22. The van der Waals surface area contributed by atoms with E-state index in [0.29, 0.717) is 5.69 Å². The topological polar surface area (TPSA) is 88.2 Å². The number of carboxylic acid groups (broad SMARTS) is 1. The van der Waals surface area contributed by atoms with Crippen molar-refractivity contribution in [2.45, 2.75) is 0 Å². The standard InChI is InChI=1S/C12H10FN3O2/c13-7-2-1-3-8(6-7)16-11-10(14)9(12(17)18)4-5-15-11/h1-6H,14H2,(H,15,16)(H,17,18). The van der Waals surface area contributed by atoms with Gasteiger partial charge in [0.25, 0.3) is 0 Å². The van der Waals surface area contributed by atoms with Crippen LogP contribution in [0.25, 0.3) is 0 Å². The average molecular weight is 247 g/mol. The van der Waals surface area contributed by atoms with E-state index in [0.717, 1.165) is 0 Å². The minimum Gasteiger partial charge on any atom is -0.478 e. The second kappa shape index (κ2) is 4.70. The van der Waals surface area contributed by atoms with Crippen LogP contribution in [-0.4, -0.2) is 16.1 Å². The summed E-state index contributed by atoms with van der Waals surface area (Å²) < 4.78 is 13.0. The Bertz CT molecular complexity index is 602. The minimum atomic E-state index is -1.14. The van der Waals surface area contributed by atoms with Gasteiger partial charge in [0.05, 0.1) is 11.3 Å². The molecule has 4 N–H and O–H groups in total. The number of benzene rings is 1. The SMILES string of the molecule is Nc1c(C(=O)O)ccnc1Nc1cccc(F)c1. The van der Waals surface area contributed by atoms with Crippen LogP contribution in [0.1, 0.15) is 10.4 Å². The van der Waals surface area contributed by atoms with Crippen molar-refractivity contribution in [3.8, 4) is 0 Å². The molecule has 92 valence electrons. The molecular weight excluding hydrogens is 237 g/mol. The third-order valence-electron chi connectivity index (χ3n) is 2.31. The number of carboxylic acids is 1. The summed E-state index contributed by atoms with van der Waals surface area (Å²) in [6.07, 6.45) is 1.32. The molecule has 0 saturated heterocycles. The lowest BCUT2D eigenvalue weighted by Gasteiger charge is -2.09. The fourth-order valence-electron chi connectivity index (χ4n) is 1.46. The second-order valence-corrected chi connectivity index (χ2v) is 3.56. The van der Waals surface area contributed by atoms with E-state index >= 15 is 0 Å². The number of halogens is 1. The Kier molecular flexibility index (Phi) is 3.09. The normalized spacial score (nSPS) is 10.1. The number of nitrogens with one attached hydrogen (secondary N) is 1. The number of hydrogen-bond donors (Lipinski definition) is 3. The van der Waals surface area contributed by atoms with Gasteiger partial charge >= 0.3 is 5.97 Å². The van der Waals surface area contributed by atoms with E-state index in [9.17, 15) is 9.18 Å². The first-order chi connectivity index (χ1) is 8.58. The Labute approximate surface area is 102 Å². The highest BCUT2D eigenvalue weighted by Crippen LogP contribution is 2.24. The molecule has 2 aromatic rings. The lowest BCUT2D eigenvalue weighted by molar-refractivity contribution is 0.0698. The summed E-state index contributed by atoms with van der Waals surface area (Å²) in [5.74, 6) is -1.37. The van der Waals surface area contributed by atoms with Crippen LogP contribution in [0.2, 0.25) is 0 Å². The van der Waals surface area contributed by atoms with Crippen molar-refractivity contribution < 1.29 is 14.3 Å². The van der Waals surface area contributed by atoms with Crippen LogP contribution >= 0.6 is 0 Å². The molecule has 1 heterocycles. The predicted molar refractivity (Wildman–Crippen MR) is 65.3 cm³/mol. The van der Waals surface area contributed by atoms with Crippen molar-refractivity contribution in [3.63, 3.8) is 0 Å². The number of pyridine rings is 1. The van der Waals surface area contributed by atoms with Gasteiger partial charge in [-0.3, -0.25) is 0 Å².